The molecule has 0 amide bonds. The van der Waals surface area contributed by atoms with Crippen LogP contribution in [0.3, 0.4) is 0 Å². The molecule has 2 rings (SSSR count). The summed E-state index contributed by atoms with van der Waals surface area (Å²) in [5.41, 5.74) is 0.510. The molecule has 0 radical (unpaired) electrons. The molecule has 1 saturated heterocycles. The Labute approximate surface area is 118 Å². The van der Waals surface area contributed by atoms with E-state index in [1.54, 1.807) is 12.1 Å². The molecule has 1 fully saturated rings. The van der Waals surface area contributed by atoms with Gasteiger partial charge in [0.15, 0.2) is 5.78 Å². The number of hydrogen-bond acceptors (Lipinski definition) is 2. The first-order valence-corrected chi connectivity index (χ1v) is 7.05. The van der Waals surface area contributed by atoms with Crippen molar-refractivity contribution in [3.05, 3.63) is 33.8 Å². The summed E-state index contributed by atoms with van der Waals surface area (Å²) in [7, 11) is 0. The van der Waals surface area contributed by atoms with Crippen LogP contribution in [0, 0.1) is 0 Å². The minimum atomic E-state index is -0.344. The Morgan fingerprint density at radius 1 is 1.44 bits per heavy atom. The summed E-state index contributed by atoms with van der Waals surface area (Å²) in [4.78, 5) is 12.5. The lowest BCUT2D eigenvalue weighted by atomic mass is 9.86. The van der Waals surface area contributed by atoms with Gasteiger partial charge in [0.25, 0.3) is 0 Å². The third-order valence-electron chi connectivity index (χ3n) is 3.75. The molecular weight excluding hydrogens is 269 g/mol. The summed E-state index contributed by atoms with van der Waals surface area (Å²) in [5.74, 6) is 0.228. The summed E-state index contributed by atoms with van der Waals surface area (Å²) in [6.45, 7) is 2.98. The van der Waals surface area contributed by atoms with Crippen molar-refractivity contribution in [2.45, 2.75) is 38.1 Å². The molecule has 0 saturated carbocycles. The van der Waals surface area contributed by atoms with Gasteiger partial charge in [0.1, 0.15) is 0 Å². The van der Waals surface area contributed by atoms with E-state index in [1.165, 1.54) is 0 Å². The van der Waals surface area contributed by atoms with Crippen LogP contribution < -0.4 is 5.32 Å². The van der Waals surface area contributed by atoms with Crippen LogP contribution in [0.5, 0.6) is 0 Å². The van der Waals surface area contributed by atoms with E-state index in [1.807, 2.05) is 6.07 Å². The van der Waals surface area contributed by atoms with Gasteiger partial charge < -0.3 is 5.32 Å². The molecule has 18 heavy (non-hydrogen) atoms. The molecule has 2 nitrogen and oxygen atoms in total. The van der Waals surface area contributed by atoms with Gasteiger partial charge in [-0.2, -0.15) is 0 Å². The highest BCUT2D eigenvalue weighted by Crippen LogP contribution is 2.28. The molecule has 98 valence electrons. The van der Waals surface area contributed by atoms with E-state index in [2.05, 4.69) is 12.2 Å². The van der Waals surface area contributed by atoms with Crippen molar-refractivity contribution in [2.24, 2.45) is 0 Å². The van der Waals surface area contributed by atoms with Crippen LogP contribution in [-0.2, 0) is 11.2 Å². The van der Waals surface area contributed by atoms with Crippen molar-refractivity contribution in [3.63, 3.8) is 0 Å². The number of hydrogen-bond donors (Lipinski definition) is 1. The van der Waals surface area contributed by atoms with Gasteiger partial charge in [-0.05, 0) is 43.5 Å². The Morgan fingerprint density at radius 3 is 2.78 bits per heavy atom. The second-order valence-electron chi connectivity index (χ2n) is 4.80. The lowest BCUT2D eigenvalue weighted by Crippen LogP contribution is -2.47. The number of carbonyl (C=O) groups is 1. The third kappa shape index (κ3) is 2.71. The van der Waals surface area contributed by atoms with Crippen molar-refractivity contribution in [3.8, 4) is 0 Å². The van der Waals surface area contributed by atoms with Crippen molar-refractivity contribution >= 4 is 29.0 Å². The number of carbonyl (C=O) groups excluding carboxylic acids is 1. The molecule has 1 N–H and O–H groups in total. The smallest absolute Gasteiger partial charge is 0.157 e. The lowest BCUT2D eigenvalue weighted by molar-refractivity contribution is -0.124. The summed E-state index contributed by atoms with van der Waals surface area (Å²) >= 11 is 12.0. The van der Waals surface area contributed by atoms with Gasteiger partial charge in [-0.3, -0.25) is 4.79 Å². The Hall–Kier alpha value is -0.570. The summed E-state index contributed by atoms with van der Waals surface area (Å²) < 4.78 is 0. The van der Waals surface area contributed by atoms with Gasteiger partial charge in [-0.1, -0.05) is 36.2 Å². The molecule has 1 aromatic carbocycles. The second-order valence-corrected chi connectivity index (χ2v) is 5.65. The van der Waals surface area contributed by atoms with E-state index in [0.717, 1.165) is 31.4 Å². The topological polar surface area (TPSA) is 29.1 Å². The molecule has 0 spiro atoms. The zero-order chi connectivity index (χ0) is 13.2. The van der Waals surface area contributed by atoms with Crippen molar-refractivity contribution < 1.29 is 4.79 Å². The molecular formula is C14H17Cl2NO. The number of rotatable bonds is 4. The highest BCUT2D eigenvalue weighted by molar-refractivity contribution is 6.35. The van der Waals surface area contributed by atoms with Crippen LogP contribution in [-0.4, -0.2) is 17.9 Å². The molecule has 0 aliphatic carbocycles. The van der Waals surface area contributed by atoms with E-state index in [4.69, 9.17) is 23.2 Å². The van der Waals surface area contributed by atoms with E-state index in [9.17, 15) is 4.79 Å². The van der Waals surface area contributed by atoms with E-state index in [-0.39, 0.29) is 11.3 Å². The number of ketones is 1. The molecule has 0 bridgehead atoms. The third-order valence-corrected chi connectivity index (χ3v) is 4.33. The van der Waals surface area contributed by atoms with Crippen LogP contribution in [0.1, 0.15) is 31.7 Å². The Bertz CT molecular complexity index is 453. The molecule has 1 aromatic rings. The maximum Gasteiger partial charge on any atom is 0.157 e. The van der Waals surface area contributed by atoms with Gasteiger partial charge >= 0.3 is 0 Å². The van der Waals surface area contributed by atoms with Gasteiger partial charge in [-0.25, -0.2) is 0 Å². The molecule has 4 heteroatoms. The molecule has 1 heterocycles. The average Bonchev–Trinajstić information content (AvgIpc) is 2.82. The Kier molecular flexibility index (Phi) is 4.31. The molecule has 0 aromatic heterocycles. The van der Waals surface area contributed by atoms with Crippen LogP contribution in [0.4, 0.5) is 0 Å². The fraction of sp³-hybridized carbons (Fsp3) is 0.500. The fourth-order valence-corrected chi connectivity index (χ4v) is 3.03. The molecule has 1 unspecified atom stereocenters. The highest BCUT2D eigenvalue weighted by atomic mass is 35.5. The number of benzene rings is 1. The fourth-order valence-electron chi connectivity index (χ4n) is 2.55. The monoisotopic (exact) mass is 285 g/mol. The van der Waals surface area contributed by atoms with Crippen LogP contribution in [0.25, 0.3) is 0 Å². The van der Waals surface area contributed by atoms with Gasteiger partial charge in [-0.15, -0.1) is 0 Å². The molecule has 1 aliphatic heterocycles. The van der Waals surface area contributed by atoms with E-state index >= 15 is 0 Å². The summed E-state index contributed by atoms with van der Waals surface area (Å²) in [6.07, 6.45) is 3.19. The Morgan fingerprint density at radius 2 is 2.22 bits per heavy atom. The van der Waals surface area contributed by atoms with Gasteiger partial charge in [0.05, 0.1) is 5.54 Å². The summed E-state index contributed by atoms with van der Waals surface area (Å²) in [6, 6.07) is 5.30. The maximum absolute atomic E-state index is 12.5. The minimum Gasteiger partial charge on any atom is -0.305 e. The van der Waals surface area contributed by atoms with E-state index in [0.29, 0.717) is 16.5 Å². The maximum atomic E-state index is 12.5. The molecule has 1 atom stereocenters. The first-order valence-electron chi connectivity index (χ1n) is 6.29. The number of nitrogens with one attached hydrogen (secondary N) is 1. The zero-order valence-electron chi connectivity index (χ0n) is 10.4. The first kappa shape index (κ1) is 13.9. The first-order chi connectivity index (χ1) is 8.57. The summed E-state index contributed by atoms with van der Waals surface area (Å²) in [5, 5.41) is 4.52. The van der Waals surface area contributed by atoms with Crippen molar-refractivity contribution in [2.75, 3.05) is 6.54 Å². The predicted octanol–water partition coefficient (Wildman–Crippen LogP) is 3.64. The van der Waals surface area contributed by atoms with Crippen molar-refractivity contribution in [1.82, 2.24) is 5.32 Å². The average molecular weight is 286 g/mol. The van der Waals surface area contributed by atoms with Crippen molar-refractivity contribution in [1.29, 1.82) is 0 Å². The van der Waals surface area contributed by atoms with Crippen LogP contribution in [0.2, 0.25) is 10.0 Å². The normalized spacial score (nSPS) is 23.3. The Balaban J connectivity index is 2.15. The minimum absolute atomic E-state index is 0.228. The van der Waals surface area contributed by atoms with Crippen LogP contribution >= 0.6 is 23.2 Å². The van der Waals surface area contributed by atoms with E-state index < -0.39 is 0 Å². The van der Waals surface area contributed by atoms with Gasteiger partial charge in [0.2, 0.25) is 0 Å². The largest absolute Gasteiger partial charge is 0.305 e. The zero-order valence-corrected chi connectivity index (χ0v) is 11.9. The lowest BCUT2D eigenvalue weighted by Gasteiger charge is -2.26. The quantitative estimate of drug-likeness (QED) is 0.915. The van der Waals surface area contributed by atoms with Gasteiger partial charge in [0, 0.05) is 16.5 Å². The van der Waals surface area contributed by atoms with Crippen LogP contribution in [0.15, 0.2) is 18.2 Å². The number of Topliss-reactive ketones (excluding diaryl/α,β-unsaturated/α-hetero) is 1. The standard InChI is InChI=1S/C14H17Cl2NO/c1-2-14(6-3-7-17-14)13(18)8-10-4-5-11(15)9-12(10)16/h4-5,9,17H,2-3,6-8H2,1H3. The second kappa shape index (κ2) is 5.60. The highest BCUT2D eigenvalue weighted by Gasteiger charge is 2.38. The molecule has 1 aliphatic rings. The number of halogens is 2. The predicted molar refractivity (Wildman–Crippen MR) is 75.4 cm³/mol. The SMILES string of the molecule is CCC1(C(=O)Cc2ccc(Cl)cc2Cl)CCCN1.